The third kappa shape index (κ3) is 3.69. The Labute approximate surface area is 198 Å². The highest BCUT2D eigenvalue weighted by molar-refractivity contribution is 5.38. The van der Waals surface area contributed by atoms with Gasteiger partial charge in [-0.05, 0) is 68.3 Å². The molecule has 34 heavy (non-hydrogen) atoms. The number of aromatic nitrogens is 2. The molecule has 3 atom stereocenters. The van der Waals surface area contributed by atoms with Crippen LogP contribution in [0.3, 0.4) is 0 Å². The minimum atomic E-state index is -0.177. The van der Waals surface area contributed by atoms with E-state index in [9.17, 15) is 4.39 Å². The Bertz CT molecular complexity index is 1010. The fraction of sp³-hybridized carbons (Fsp3) is 0.680. The Morgan fingerprint density at radius 2 is 1.94 bits per heavy atom. The van der Waals surface area contributed by atoms with Gasteiger partial charge >= 0.3 is 6.01 Å². The monoisotopic (exact) mass is 470 g/mol. The van der Waals surface area contributed by atoms with E-state index in [0.29, 0.717) is 35.7 Å². The molecule has 0 radical (unpaired) electrons. The molecule has 0 bridgehead atoms. The summed E-state index contributed by atoms with van der Waals surface area (Å²) in [6, 6.07) is 6.05. The number of fused-ring (bicyclic) bond motifs is 1. The maximum absolute atomic E-state index is 14.2. The first-order valence-electron chi connectivity index (χ1n) is 12.6. The zero-order valence-electron chi connectivity index (χ0n) is 19.3. The van der Waals surface area contributed by atoms with Crippen LogP contribution in [-0.2, 0) is 9.47 Å². The molecule has 1 saturated carbocycles. The number of nitrogens with zero attached hydrogens (tertiary/aromatic N) is 4. The van der Waals surface area contributed by atoms with Crippen LogP contribution in [0.1, 0.15) is 30.7 Å². The predicted octanol–water partition coefficient (Wildman–Crippen LogP) is 2.71. The van der Waals surface area contributed by atoms with Crippen LogP contribution in [0.5, 0.6) is 5.75 Å². The molecule has 0 amide bonds. The van der Waals surface area contributed by atoms with Gasteiger partial charge in [0.05, 0.1) is 39.5 Å². The topological polar surface area (TPSA) is 73.1 Å². The van der Waals surface area contributed by atoms with Gasteiger partial charge in [0.25, 0.3) is 0 Å². The molecule has 2 aromatic rings. The lowest BCUT2D eigenvalue weighted by Crippen LogP contribution is -2.62. The van der Waals surface area contributed by atoms with E-state index in [1.165, 1.54) is 12.5 Å². The lowest BCUT2D eigenvalue weighted by atomic mass is 9.86. The number of anilines is 1. The smallest absolute Gasteiger partial charge is 0.318 e. The summed E-state index contributed by atoms with van der Waals surface area (Å²) in [5, 5.41) is 7.76. The summed E-state index contributed by atoms with van der Waals surface area (Å²) >= 11 is 0. The minimum absolute atomic E-state index is 0.0916. The summed E-state index contributed by atoms with van der Waals surface area (Å²) in [6.45, 7) is 6.85. The molecule has 2 unspecified atom stereocenters. The molecular formula is C25H31FN4O4. The molecule has 182 valence electrons. The van der Waals surface area contributed by atoms with E-state index in [4.69, 9.17) is 18.6 Å². The third-order valence-corrected chi connectivity index (χ3v) is 8.79. The normalized spacial score (nSPS) is 32.7. The van der Waals surface area contributed by atoms with E-state index in [1.807, 2.05) is 6.07 Å². The second-order valence-electron chi connectivity index (χ2n) is 10.8. The van der Waals surface area contributed by atoms with Crippen LogP contribution < -0.4 is 9.64 Å². The van der Waals surface area contributed by atoms with Gasteiger partial charge in [-0.25, -0.2) is 4.39 Å². The van der Waals surface area contributed by atoms with Crippen molar-refractivity contribution in [3.8, 4) is 5.75 Å². The highest BCUT2D eigenvalue weighted by atomic mass is 19.1. The van der Waals surface area contributed by atoms with Gasteiger partial charge in [0.15, 0.2) is 0 Å². The van der Waals surface area contributed by atoms with E-state index in [1.54, 1.807) is 6.07 Å². The summed E-state index contributed by atoms with van der Waals surface area (Å²) in [5.74, 6) is 2.95. The molecule has 8 nitrogen and oxygen atoms in total. The average Bonchev–Trinajstić information content (AvgIpc) is 3.38. The summed E-state index contributed by atoms with van der Waals surface area (Å²) in [6.07, 6.45) is 4.42. The molecule has 5 aliphatic rings. The van der Waals surface area contributed by atoms with E-state index in [-0.39, 0.29) is 11.4 Å². The van der Waals surface area contributed by atoms with Crippen molar-refractivity contribution in [1.82, 2.24) is 15.1 Å². The molecule has 7 rings (SSSR count). The Morgan fingerprint density at radius 3 is 2.71 bits per heavy atom. The lowest BCUT2D eigenvalue weighted by Gasteiger charge is -2.46. The van der Waals surface area contributed by atoms with Gasteiger partial charge in [0.1, 0.15) is 17.2 Å². The van der Waals surface area contributed by atoms with Crippen LogP contribution >= 0.6 is 0 Å². The van der Waals surface area contributed by atoms with Gasteiger partial charge in [-0.3, -0.25) is 4.90 Å². The largest absolute Gasteiger partial charge is 0.493 e. The summed E-state index contributed by atoms with van der Waals surface area (Å²) in [5.41, 5.74) is 0.946. The van der Waals surface area contributed by atoms with Gasteiger partial charge in [0.2, 0.25) is 6.39 Å². The van der Waals surface area contributed by atoms with Crippen molar-refractivity contribution in [2.45, 2.75) is 36.8 Å². The Morgan fingerprint density at radius 1 is 1.12 bits per heavy atom. The number of hydrogen-bond donors (Lipinski definition) is 0. The standard InChI is InChI=1S/C25H31FN4O4/c26-17-1-2-23(32-12-22-20-10-31-11-21(20)22)19(7-17)16-3-5-29(6-4-16)18-8-25(34-9-18)13-30(14-25)24-28-27-15-33-24/h1-2,7,15-16,18,20-22H,3-6,8-14H2/t18-,20?,21?,22?/m0/s1. The Hall–Kier alpha value is -2.23. The molecular weight excluding hydrogens is 439 g/mol. The molecule has 1 spiro atoms. The number of ether oxygens (including phenoxy) is 3. The van der Waals surface area contributed by atoms with Crippen molar-refractivity contribution in [3.05, 3.63) is 36.0 Å². The molecule has 1 aromatic carbocycles. The van der Waals surface area contributed by atoms with Crippen LogP contribution in [0, 0.1) is 23.6 Å². The first-order chi connectivity index (χ1) is 16.7. The van der Waals surface area contributed by atoms with Crippen molar-refractivity contribution < 1.29 is 23.0 Å². The maximum atomic E-state index is 14.2. The number of rotatable bonds is 6. The van der Waals surface area contributed by atoms with Crippen LogP contribution in [0.15, 0.2) is 29.0 Å². The highest BCUT2D eigenvalue weighted by Crippen LogP contribution is 2.51. The number of likely N-dealkylation sites (tertiary alicyclic amines) is 1. The highest BCUT2D eigenvalue weighted by Gasteiger charge is 2.54. The fourth-order valence-corrected chi connectivity index (χ4v) is 6.70. The summed E-state index contributed by atoms with van der Waals surface area (Å²) < 4.78 is 37.5. The minimum Gasteiger partial charge on any atom is -0.493 e. The first-order valence-corrected chi connectivity index (χ1v) is 12.6. The summed E-state index contributed by atoms with van der Waals surface area (Å²) in [4.78, 5) is 4.64. The molecule has 4 aliphatic heterocycles. The van der Waals surface area contributed by atoms with Crippen molar-refractivity contribution in [2.24, 2.45) is 17.8 Å². The fourth-order valence-electron chi connectivity index (χ4n) is 6.70. The number of hydrogen-bond acceptors (Lipinski definition) is 8. The lowest BCUT2D eigenvalue weighted by molar-refractivity contribution is -0.0216. The predicted molar refractivity (Wildman–Crippen MR) is 120 cm³/mol. The van der Waals surface area contributed by atoms with Crippen LogP contribution in [0.4, 0.5) is 10.4 Å². The van der Waals surface area contributed by atoms with Gasteiger partial charge in [-0.2, -0.15) is 0 Å². The molecule has 4 saturated heterocycles. The Kier molecular flexibility index (Phi) is 5.07. The van der Waals surface area contributed by atoms with Crippen molar-refractivity contribution >= 4 is 6.01 Å². The summed E-state index contributed by atoms with van der Waals surface area (Å²) in [7, 11) is 0. The van der Waals surface area contributed by atoms with Gasteiger partial charge < -0.3 is 23.5 Å². The first kappa shape index (κ1) is 21.1. The van der Waals surface area contributed by atoms with Crippen molar-refractivity contribution in [3.63, 3.8) is 0 Å². The van der Waals surface area contributed by atoms with E-state index in [2.05, 4.69) is 20.0 Å². The second kappa shape index (κ2) is 8.17. The number of piperidine rings is 1. The van der Waals surface area contributed by atoms with Crippen LogP contribution in [0.2, 0.25) is 0 Å². The molecule has 1 aliphatic carbocycles. The van der Waals surface area contributed by atoms with E-state index >= 15 is 0 Å². The van der Waals surface area contributed by atoms with Gasteiger partial charge in [-0.1, -0.05) is 5.10 Å². The van der Waals surface area contributed by atoms with E-state index in [0.717, 1.165) is 83.2 Å². The second-order valence-corrected chi connectivity index (χ2v) is 10.8. The van der Waals surface area contributed by atoms with Crippen LogP contribution in [0.25, 0.3) is 0 Å². The van der Waals surface area contributed by atoms with Crippen molar-refractivity contribution in [2.75, 3.05) is 57.5 Å². The van der Waals surface area contributed by atoms with Gasteiger partial charge in [-0.15, -0.1) is 5.10 Å². The quantitative estimate of drug-likeness (QED) is 0.638. The average molecular weight is 471 g/mol. The molecule has 1 aromatic heterocycles. The number of halogens is 1. The van der Waals surface area contributed by atoms with Crippen LogP contribution in [-0.4, -0.2) is 79.3 Å². The maximum Gasteiger partial charge on any atom is 0.318 e. The number of benzene rings is 1. The van der Waals surface area contributed by atoms with Crippen molar-refractivity contribution in [1.29, 1.82) is 0 Å². The Balaban J connectivity index is 0.942. The molecule has 0 N–H and O–H groups in total. The molecule has 5 heterocycles. The SMILES string of the molecule is Fc1ccc(OCC2C3COCC32)c(C2CCN([C@@H]3COC4(C3)CN(c3nnco3)C4)CC2)c1. The zero-order valence-corrected chi connectivity index (χ0v) is 19.3. The molecule has 9 heteroatoms. The van der Waals surface area contributed by atoms with Gasteiger partial charge in [0, 0.05) is 17.5 Å². The molecule has 5 fully saturated rings. The van der Waals surface area contributed by atoms with E-state index < -0.39 is 0 Å². The zero-order chi connectivity index (χ0) is 22.7. The third-order valence-electron chi connectivity index (χ3n) is 8.79.